The molecule has 0 fully saturated rings. The Kier molecular flexibility index (Phi) is 26.0. The first-order chi connectivity index (χ1) is 18.3. The molecule has 6 heteroatoms. The summed E-state index contributed by atoms with van der Waals surface area (Å²) < 4.78 is 4.89. The highest BCUT2D eigenvalue weighted by atomic mass is 16.5. The fraction of sp³-hybridized carbons (Fsp3) is 0.697. The van der Waals surface area contributed by atoms with Crippen molar-refractivity contribution in [2.24, 2.45) is 11.3 Å². The lowest BCUT2D eigenvalue weighted by molar-refractivity contribution is -0.125. The summed E-state index contributed by atoms with van der Waals surface area (Å²) in [4.78, 5) is 26.2. The van der Waals surface area contributed by atoms with Crippen molar-refractivity contribution in [2.75, 3.05) is 31.7 Å². The average molecular weight is 550 g/mol. The molecule has 1 rings (SSSR count). The fourth-order valence-electron chi connectivity index (χ4n) is 3.35. The lowest BCUT2D eigenvalue weighted by Gasteiger charge is -2.31. The lowest BCUT2D eigenvalue weighted by Crippen LogP contribution is -2.51. The van der Waals surface area contributed by atoms with Gasteiger partial charge < -0.3 is 20.3 Å². The van der Waals surface area contributed by atoms with E-state index in [1.165, 1.54) is 24.8 Å². The smallest absolute Gasteiger partial charge is 0.243 e. The molecule has 0 aromatic heterocycles. The van der Waals surface area contributed by atoms with Gasteiger partial charge in [-0.2, -0.15) is 0 Å². The van der Waals surface area contributed by atoms with Crippen molar-refractivity contribution >= 4 is 17.5 Å². The van der Waals surface area contributed by atoms with E-state index in [-0.39, 0.29) is 29.2 Å². The van der Waals surface area contributed by atoms with Gasteiger partial charge in [-0.15, -0.1) is 0 Å². The number of anilines is 1. The van der Waals surface area contributed by atoms with Crippen LogP contribution in [0.15, 0.2) is 36.5 Å². The van der Waals surface area contributed by atoms with Crippen molar-refractivity contribution < 1.29 is 14.3 Å². The van der Waals surface area contributed by atoms with Crippen LogP contribution in [0.2, 0.25) is 0 Å². The number of hydrogen-bond acceptors (Lipinski definition) is 4. The molecule has 1 aromatic rings. The van der Waals surface area contributed by atoms with Crippen LogP contribution >= 0.6 is 0 Å². The zero-order valence-corrected chi connectivity index (χ0v) is 27.8. The summed E-state index contributed by atoms with van der Waals surface area (Å²) in [6, 6.07) is 7.85. The number of methoxy groups -OCH3 is 1. The van der Waals surface area contributed by atoms with Crippen LogP contribution in [0.5, 0.6) is 0 Å². The summed E-state index contributed by atoms with van der Waals surface area (Å²) in [5, 5.41) is 5.93. The number of carbonyl (C=O) groups is 2. The van der Waals surface area contributed by atoms with Gasteiger partial charge in [0.2, 0.25) is 11.8 Å². The highest BCUT2D eigenvalue weighted by molar-refractivity contribution is 5.95. The molecule has 0 aliphatic rings. The summed E-state index contributed by atoms with van der Waals surface area (Å²) in [5.41, 5.74) is 2.87. The molecule has 1 aromatic carbocycles. The summed E-state index contributed by atoms with van der Waals surface area (Å²) in [6.07, 6.45) is 4.68. The van der Waals surface area contributed by atoms with Crippen molar-refractivity contribution in [2.45, 2.75) is 115 Å². The molecule has 39 heavy (non-hydrogen) atoms. The van der Waals surface area contributed by atoms with E-state index >= 15 is 0 Å². The second-order valence-electron chi connectivity index (χ2n) is 10.9. The number of nitrogens with zero attached hydrogens (tertiary/aromatic N) is 1. The molecule has 1 atom stereocenters. The van der Waals surface area contributed by atoms with Gasteiger partial charge in [0.05, 0.1) is 6.61 Å². The van der Waals surface area contributed by atoms with Gasteiger partial charge >= 0.3 is 0 Å². The van der Waals surface area contributed by atoms with Crippen LogP contribution in [0.25, 0.3) is 0 Å². The van der Waals surface area contributed by atoms with Crippen LogP contribution in [0.4, 0.5) is 5.69 Å². The molecule has 6 nitrogen and oxygen atoms in total. The Morgan fingerprint density at radius 2 is 1.59 bits per heavy atom. The van der Waals surface area contributed by atoms with Gasteiger partial charge in [0.25, 0.3) is 0 Å². The molecule has 0 spiro atoms. The molecule has 0 aliphatic heterocycles. The number of amides is 2. The maximum absolute atomic E-state index is 12.3. The molecule has 228 valence electrons. The molecule has 2 N–H and O–H groups in total. The summed E-state index contributed by atoms with van der Waals surface area (Å²) in [5.74, 6) is 0.249. The van der Waals surface area contributed by atoms with E-state index in [1.807, 2.05) is 78.5 Å². The molecular weight excluding hydrogens is 486 g/mol. The van der Waals surface area contributed by atoms with Gasteiger partial charge in [0.1, 0.15) is 6.04 Å². The zero-order valence-electron chi connectivity index (χ0n) is 27.8. The van der Waals surface area contributed by atoms with E-state index in [9.17, 15) is 9.59 Å². The highest BCUT2D eigenvalue weighted by Crippen LogP contribution is 2.22. The number of benzene rings is 1. The normalized spacial score (nSPS) is 10.9. The molecule has 0 heterocycles. The molecule has 0 aliphatic carbocycles. The minimum absolute atomic E-state index is 0.0208. The first-order valence-electron chi connectivity index (χ1n) is 14.8. The molecule has 0 saturated carbocycles. The van der Waals surface area contributed by atoms with Crippen LogP contribution < -0.4 is 15.5 Å². The van der Waals surface area contributed by atoms with Crippen molar-refractivity contribution in [3.8, 4) is 0 Å². The van der Waals surface area contributed by atoms with E-state index in [0.717, 1.165) is 24.4 Å². The van der Waals surface area contributed by atoms with E-state index in [2.05, 4.69) is 51.0 Å². The van der Waals surface area contributed by atoms with Gasteiger partial charge in [0.15, 0.2) is 0 Å². The number of ether oxygens (including phenoxy) is 1. The number of para-hydroxylation sites is 1. The lowest BCUT2D eigenvalue weighted by atomic mass is 9.86. The Hall–Kier alpha value is -2.34. The van der Waals surface area contributed by atoms with Crippen molar-refractivity contribution in [3.63, 3.8) is 0 Å². The number of rotatable bonds is 12. The monoisotopic (exact) mass is 549 g/mol. The number of hydrogen-bond donors (Lipinski definition) is 2. The molecule has 0 radical (unpaired) electrons. The summed E-state index contributed by atoms with van der Waals surface area (Å²) in [6.45, 7) is 30.0. The number of carbonyl (C=O) groups excluding carboxylic acids is 2. The van der Waals surface area contributed by atoms with E-state index in [0.29, 0.717) is 13.2 Å². The Balaban J connectivity index is -0.000000573. The minimum atomic E-state index is -0.276. The van der Waals surface area contributed by atoms with Crippen molar-refractivity contribution in [3.05, 3.63) is 42.1 Å². The van der Waals surface area contributed by atoms with E-state index < -0.39 is 0 Å². The maximum atomic E-state index is 12.3. The summed E-state index contributed by atoms with van der Waals surface area (Å²) >= 11 is 0. The second-order valence-corrected chi connectivity index (χ2v) is 10.9. The SMILES string of the molecule is C=C(C)N[C@H](C(=O)NCCOC)C(C)(C)C.CC.CCC.CCCCCN(C(=O)C(C)C)c1ccccc1C. The van der Waals surface area contributed by atoms with Crippen molar-refractivity contribution in [1.29, 1.82) is 0 Å². The standard InChI is InChI=1S/C16H25NO.C12H24N2O2.C3H8.C2H6/c1-5-6-9-12-17(16(18)13(2)3)15-11-8-7-10-14(15)4;1-9(2)14-10(12(3,4)5)11(15)13-7-8-16-6;1-3-2;1-2/h7-8,10-11,13H,5-6,9,12H2,1-4H3;10,14H,1,7-8H2,2-6H3,(H,13,15);3H2,1-2H3;1-2H3/t;10-;;/m.1../s1. The number of unbranched alkanes of at least 4 members (excludes halogenated alkanes) is 2. The Morgan fingerprint density at radius 3 is 2.00 bits per heavy atom. The first kappa shape index (κ1) is 41.1. The van der Waals surface area contributed by atoms with Crippen LogP contribution in [-0.2, 0) is 14.3 Å². The van der Waals surface area contributed by atoms with E-state index in [4.69, 9.17) is 4.74 Å². The van der Waals surface area contributed by atoms with Gasteiger partial charge in [-0.1, -0.05) is 113 Å². The molecule has 0 saturated heterocycles. The number of nitrogens with one attached hydrogen (secondary N) is 2. The van der Waals surface area contributed by atoms with Gasteiger partial charge in [-0.05, 0) is 37.3 Å². The topological polar surface area (TPSA) is 70.7 Å². The van der Waals surface area contributed by atoms with Gasteiger partial charge in [-0.25, -0.2) is 0 Å². The largest absolute Gasteiger partial charge is 0.383 e. The Bertz CT molecular complexity index is 770. The minimum Gasteiger partial charge on any atom is -0.383 e. The first-order valence-corrected chi connectivity index (χ1v) is 14.8. The Morgan fingerprint density at radius 1 is 1.05 bits per heavy atom. The molecule has 2 amide bonds. The third-order valence-electron chi connectivity index (χ3n) is 5.28. The second kappa shape index (κ2) is 24.7. The fourth-order valence-corrected chi connectivity index (χ4v) is 3.35. The van der Waals surface area contributed by atoms with Crippen LogP contribution in [0.3, 0.4) is 0 Å². The molecule has 0 bridgehead atoms. The Labute approximate surface area is 242 Å². The average Bonchev–Trinajstić information content (AvgIpc) is 2.87. The number of allylic oxidation sites excluding steroid dienone is 1. The van der Waals surface area contributed by atoms with Crippen LogP contribution in [0.1, 0.15) is 107 Å². The molecular formula is C33H63N3O3. The predicted molar refractivity (Wildman–Crippen MR) is 171 cm³/mol. The quantitative estimate of drug-likeness (QED) is 0.260. The predicted octanol–water partition coefficient (Wildman–Crippen LogP) is 7.90. The van der Waals surface area contributed by atoms with E-state index in [1.54, 1.807) is 7.11 Å². The van der Waals surface area contributed by atoms with Gasteiger partial charge in [0, 0.05) is 37.5 Å². The zero-order chi connectivity index (χ0) is 31.0. The van der Waals surface area contributed by atoms with Crippen LogP contribution in [-0.4, -0.2) is 44.7 Å². The number of aryl methyl sites for hydroxylation is 1. The third kappa shape index (κ3) is 20.3. The summed E-state index contributed by atoms with van der Waals surface area (Å²) in [7, 11) is 1.61. The molecule has 0 unspecified atom stereocenters. The van der Waals surface area contributed by atoms with Crippen LogP contribution in [0, 0.1) is 18.3 Å². The highest BCUT2D eigenvalue weighted by Gasteiger charge is 2.30. The van der Waals surface area contributed by atoms with Crippen molar-refractivity contribution in [1.82, 2.24) is 10.6 Å². The van der Waals surface area contributed by atoms with Gasteiger partial charge in [-0.3, -0.25) is 9.59 Å². The third-order valence-corrected chi connectivity index (χ3v) is 5.28. The maximum Gasteiger partial charge on any atom is 0.243 e.